The predicted molar refractivity (Wildman–Crippen MR) is 59.6 cm³/mol. The molecule has 0 radical (unpaired) electrons. The summed E-state index contributed by atoms with van der Waals surface area (Å²) in [5, 5.41) is 6.93. The standard InChI is InChI=1S/C11H24N2O/c1-4-12-7-5-8-13-11(3)6-9-14-10(11)2/h10,12-13H,4-9H2,1-3H3. The highest BCUT2D eigenvalue weighted by atomic mass is 16.5. The van der Waals surface area contributed by atoms with Crippen LogP contribution in [0.25, 0.3) is 0 Å². The number of rotatable bonds is 6. The lowest BCUT2D eigenvalue weighted by molar-refractivity contribution is 0.0887. The zero-order valence-electron chi connectivity index (χ0n) is 9.73. The van der Waals surface area contributed by atoms with Gasteiger partial charge >= 0.3 is 0 Å². The Bertz CT molecular complexity index is 163. The third-order valence-electron chi connectivity index (χ3n) is 3.20. The fraction of sp³-hybridized carbons (Fsp3) is 1.00. The van der Waals surface area contributed by atoms with Gasteiger partial charge in [-0.2, -0.15) is 0 Å². The first-order chi connectivity index (χ1) is 6.69. The van der Waals surface area contributed by atoms with Gasteiger partial charge in [-0.15, -0.1) is 0 Å². The van der Waals surface area contributed by atoms with Crippen LogP contribution in [0, 0.1) is 0 Å². The van der Waals surface area contributed by atoms with Crippen molar-refractivity contribution in [2.24, 2.45) is 0 Å². The van der Waals surface area contributed by atoms with Crippen molar-refractivity contribution in [3.63, 3.8) is 0 Å². The van der Waals surface area contributed by atoms with Gasteiger partial charge in [-0.3, -0.25) is 0 Å². The Hall–Kier alpha value is -0.120. The van der Waals surface area contributed by atoms with Crippen molar-refractivity contribution in [1.29, 1.82) is 0 Å². The van der Waals surface area contributed by atoms with E-state index >= 15 is 0 Å². The molecule has 3 heteroatoms. The third kappa shape index (κ3) is 3.23. The minimum atomic E-state index is 0.201. The van der Waals surface area contributed by atoms with E-state index in [4.69, 9.17) is 4.74 Å². The van der Waals surface area contributed by atoms with Gasteiger partial charge in [0.25, 0.3) is 0 Å². The molecule has 0 aromatic rings. The molecular formula is C11H24N2O. The quantitative estimate of drug-likeness (QED) is 0.631. The third-order valence-corrected chi connectivity index (χ3v) is 3.20. The Balaban J connectivity index is 2.10. The molecule has 2 atom stereocenters. The fourth-order valence-corrected chi connectivity index (χ4v) is 1.83. The summed E-state index contributed by atoms with van der Waals surface area (Å²) in [6, 6.07) is 0. The second kappa shape index (κ2) is 5.69. The lowest BCUT2D eigenvalue weighted by Gasteiger charge is -2.29. The number of nitrogens with one attached hydrogen (secondary N) is 2. The van der Waals surface area contributed by atoms with Gasteiger partial charge in [-0.1, -0.05) is 6.92 Å². The molecule has 3 nitrogen and oxygen atoms in total. The summed E-state index contributed by atoms with van der Waals surface area (Å²) in [7, 11) is 0. The average Bonchev–Trinajstić information content (AvgIpc) is 2.47. The molecule has 0 saturated carbocycles. The molecular weight excluding hydrogens is 176 g/mol. The van der Waals surface area contributed by atoms with Crippen LogP contribution in [0.5, 0.6) is 0 Å². The minimum Gasteiger partial charge on any atom is -0.377 e. The summed E-state index contributed by atoms with van der Waals surface area (Å²) in [5.41, 5.74) is 0.201. The van der Waals surface area contributed by atoms with Crippen LogP contribution in [0.4, 0.5) is 0 Å². The maximum Gasteiger partial charge on any atom is 0.0726 e. The van der Waals surface area contributed by atoms with Gasteiger partial charge in [0.1, 0.15) is 0 Å². The first-order valence-electron chi connectivity index (χ1n) is 5.76. The maximum atomic E-state index is 5.57. The zero-order valence-corrected chi connectivity index (χ0v) is 9.73. The average molecular weight is 200 g/mol. The Labute approximate surface area is 87.6 Å². The molecule has 1 heterocycles. The van der Waals surface area contributed by atoms with Crippen molar-refractivity contribution in [3.05, 3.63) is 0 Å². The van der Waals surface area contributed by atoms with Crippen LogP contribution in [-0.4, -0.2) is 37.9 Å². The van der Waals surface area contributed by atoms with Crippen LogP contribution >= 0.6 is 0 Å². The summed E-state index contributed by atoms with van der Waals surface area (Å²) < 4.78 is 5.57. The van der Waals surface area contributed by atoms with Gasteiger partial charge in [0.05, 0.1) is 6.10 Å². The van der Waals surface area contributed by atoms with E-state index in [1.165, 1.54) is 6.42 Å². The van der Waals surface area contributed by atoms with Gasteiger partial charge in [-0.05, 0) is 46.3 Å². The molecule has 1 fully saturated rings. The van der Waals surface area contributed by atoms with Crippen LogP contribution in [0.15, 0.2) is 0 Å². The van der Waals surface area contributed by atoms with Crippen LogP contribution in [0.3, 0.4) is 0 Å². The monoisotopic (exact) mass is 200 g/mol. The fourth-order valence-electron chi connectivity index (χ4n) is 1.83. The number of hydrogen-bond acceptors (Lipinski definition) is 3. The van der Waals surface area contributed by atoms with E-state index in [1.807, 2.05) is 0 Å². The highest BCUT2D eigenvalue weighted by molar-refractivity contribution is 4.93. The number of ether oxygens (including phenoxy) is 1. The molecule has 84 valence electrons. The largest absolute Gasteiger partial charge is 0.377 e. The van der Waals surface area contributed by atoms with E-state index < -0.39 is 0 Å². The summed E-state index contributed by atoms with van der Waals surface area (Å²) in [6.45, 7) is 10.7. The Kier molecular flexibility index (Phi) is 4.85. The lowest BCUT2D eigenvalue weighted by Crippen LogP contribution is -2.48. The van der Waals surface area contributed by atoms with Crippen LogP contribution in [0.1, 0.15) is 33.6 Å². The van der Waals surface area contributed by atoms with Gasteiger partial charge in [0.15, 0.2) is 0 Å². The number of hydrogen-bond donors (Lipinski definition) is 2. The highest BCUT2D eigenvalue weighted by Gasteiger charge is 2.35. The van der Waals surface area contributed by atoms with Gasteiger partial charge < -0.3 is 15.4 Å². The molecule has 2 N–H and O–H groups in total. The minimum absolute atomic E-state index is 0.201. The van der Waals surface area contributed by atoms with E-state index in [0.717, 1.165) is 32.7 Å². The van der Waals surface area contributed by atoms with Crippen molar-refractivity contribution >= 4 is 0 Å². The lowest BCUT2D eigenvalue weighted by atomic mass is 9.94. The van der Waals surface area contributed by atoms with Crippen molar-refractivity contribution < 1.29 is 4.74 Å². The molecule has 2 unspecified atom stereocenters. The van der Waals surface area contributed by atoms with Gasteiger partial charge in [-0.25, -0.2) is 0 Å². The van der Waals surface area contributed by atoms with E-state index in [9.17, 15) is 0 Å². The molecule has 0 bridgehead atoms. The summed E-state index contributed by atoms with van der Waals surface area (Å²) in [5.74, 6) is 0. The maximum absolute atomic E-state index is 5.57. The molecule has 1 aliphatic rings. The molecule has 0 aromatic heterocycles. The molecule has 14 heavy (non-hydrogen) atoms. The molecule has 0 amide bonds. The van der Waals surface area contributed by atoms with Crippen LogP contribution < -0.4 is 10.6 Å². The molecule has 0 spiro atoms. The van der Waals surface area contributed by atoms with E-state index in [-0.39, 0.29) is 5.54 Å². The van der Waals surface area contributed by atoms with Crippen LogP contribution in [-0.2, 0) is 4.74 Å². The zero-order chi connectivity index (χ0) is 10.4. The van der Waals surface area contributed by atoms with Gasteiger partial charge in [0.2, 0.25) is 0 Å². The van der Waals surface area contributed by atoms with Crippen molar-refractivity contribution in [1.82, 2.24) is 10.6 Å². The molecule has 1 rings (SSSR count). The SMILES string of the molecule is CCNCCCNC1(C)CCOC1C. The smallest absolute Gasteiger partial charge is 0.0726 e. The Morgan fingerprint density at radius 2 is 2.21 bits per heavy atom. The normalized spacial score (nSPS) is 32.4. The molecule has 0 aliphatic carbocycles. The summed E-state index contributed by atoms with van der Waals surface area (Å²) >= 11 is 0. The second-order valence-corrected chi connectivity index (χ2v) is 4.31. The second-order valence-electron chi connectivity index (χ2n) is 4.31. The predicted octanol–water partition coefficient (Wildman–Crippen LogP) is 1.14. The Morgan fingerprint density at radius 3 is 2.79 bits per heavy atom. The molecule has 1 aliphatic heterocycles. The highest BCUT2D eigenvalue weighted by Crippen LogP contribution is 2.24. The van der Waals surface area contributed by atoms with Crippen LogP contribution in [0.2, 0.25) is 0 Å². The van der Waals surface area contributed by atoms with Crippen molar-refractivity contribution in [3.8, 4) is 0 Å². The first-order valence-corrected chi connectivity index (χ1v) is 5.76. The summed E-state index contributed by atoms with van der Waals surface area (Å²) in [6.07, 6.45) is 2.67. The van der Waals surface area contributed by atoms with E-state index in [2.05, 4.69) is 31.4 Å². The van der Waals surface area contributed by atoms with Crippen molar-refractivity contribution in [2.45, 2.75) is 45.3 Å². The van der Waals surface area contributed by atoms with E-state index in [1.54, 1.807) is 0 Å². The van der Waals surface area contributed by atoms with E-state index in [0.29, 0.717) is 6.10 Å². The van der Waals surface area contributed by atoms with Gasteiger partial charge in [0, 0.05) is 12.1 Å². The molecule has 1 saturated heterocycles. The first kappa shape index (κ1) is 12.0. The van der Waals surface area contributed by atoms with Crippen molar-refractivity contribution in [2.75, 3.05) is 26.2 Å². The molecule has 0 aromatic carbocycles. The Morgan fingerprint density at radius 1 is 1.43 bits per heavy atom. The summed E-state index contributed by atoms with van der Waals surface area (Å²) in [4.78, 5) is 0. The topological polar surface area (TPSA) is 33.3 Å².